The molecular weight excluding hydrogens is 277 g/mol. The van der Waals surface area contributed by atoms with E-state index in [9.17, 15) is 4.39 Å². The molecule has 1 heterocycles. The van der Waals surface area contributed by atoms with Crippen LogP contribution in [0.2, 0.25) is 0 Å². The third-order valence-electron chi connectivity index (χ3n) is 3.70. The molecule has 0 atom stereocenters. The van der Waals surface area contributed by atoms with Gasteiger partial charge in [-0.05, 0) is 46.0 Å². The summed E-state index contributed by atoms with van der Waals surface area (Å²) in [6.07, 6.45) is 0.987. The molecule has 0 saturated carbocycles. The van der Waals surface area contributed by atoms with Gasteiger partial charge in [-0.3, -0.25) is 0 Å². The van der Waals surface area contributed by atoms with Crippen molar-refractivity contribution in [3.8, 4) is 0 Å². The number of nitrogens with zero attached hydrogens (tertiary/aromatic N) is 3. The monoisotopic (exact) mass is 297 g/mol. The average molecular weight is 298 g/mol. The van der Waals surface area contributed by atoms with Gasteiger partial charge in [0, 0.05) is 12.6 Å². The lowest BCUT2D eigenvalue weighted by molar-refractivity contribution is 0.265. The molecule has 0 aliphatic carbocycles. The molecule has 2 aromatic rings. The Balaban J connectivity index is 2.18. The van der Waals surface area contributed by atoms with Crippen molar-refractivity contribution in [1.82, 2.24) is 14.5 Å². The molecule has 5 heteroatoms. The van der Waals surface area contributed by atoms with Crippen molar-refractivity contribution in [2.75, 3.05) is 13.6 Å². The van der Waals surface area contributed by atoms with Gasteiger partial charge in [-0.15, -0.1) is 11.6 Å². The van der Waals surface area contributed by atoms with E-state index in [1.165, 1.54) is 6.07 Å². The fourth-order valence-electron chi connectivity index (χ4n) is 2.25. The molecule has 0 spiro atoms. The van der Waals surface area contributed by atoms with Crippen LogP contribution in [0.5, 0.6) is 0 Å². The third-order valence-corrected chi connectivity index (χ3v) is 3.94. The van der Waals surface area contributed by atoms with Crippen LogP contribution >= 0.6 is 11.6 Å². The first-order valence-corrected chi connectivity index (χ1v) is 7.48. The summed E-state index contributed by atoms with van der Waals surface area (Å²) in [7, 11) is 2.11. The number of halogens is 2. The van der Waals surface area contributed by atoms with Gasteiger partial charge in [0.1, 0.15) is 11.3 Å². The number of imidazole rings is 1. The minimum atomic E-state index is -0.285. The molecule has 0 radical (unpaired) electrons. The fourth-order valence-corrected chi connectivity index (χ4v) is 2.45. The zero-order valence-electron chi connectivity index (χ0n) is 12.2. The molecule has 0 fully saturated rings. The van der Waals surface area contributed by atoms with Gasteiger partial charge in [0.2, 0.25) is 0 Å². The van der Waals surface area contributed by atoms with E-state index in [0.29, 0.717) is 17.4 Å². The quantitative estimate of drug-likeness (QED) is 0.759. The summed E-state index contributed by atoms with van der Waals surface area (Å²) in [6, 6.07) is 5.57. The van der Waals surface area contributed by atoms with Crippen LogP contribution in [0.3, 0.4) is 0 Å². The third kappa shape index (κ3) is 3.13. The van der Waals surface area contributed by atoms with Gasteiger partial charge >= 0.3 is 0 Å². The first-order chi connectivity index (χ1) is 9.54. The largest absolute Gasteiger partial charge is 0.327 e. The van der Waals surface area contributed by atoms with E-state index in [0.717, 1.165) is 30.9 Å². The van der Waals surface area contributed by atoms with Gasteiger partial charge in [0.05, 0.1) is 11.4 Å². The highest BCUT2D eigenvalue weighted by Gasteiger charge is 2.13. The first-order valence-electron chi connectivity index (χ1n) is 6.94. The zero-order chi connectivity index (χ0) is 14.7. The second kappa shape index (κ2) is 6.55. The van der Waals surface area contributed by atoms with Crippen molar-refractivity contribution < 1.29 is 4.39 Å². The number of alkyl halides is 1. The maximum Gasteiger partial charge on any atom is 0.151 e. The van der Waals surface area contributed by atoms with E-state index in [-0.39, 0.29) is 5.82 Å². The highest BCUT2D eigenvalue weighted by Crippen LogP contribution is 2.20. The SMILES string of the molecule is CC(C)N(C)CCCn1c(CCl)nc2c(F)cccc21. The van der Waals surface area contributed by atoms with Crippen molar-refractivity contribution in [2.45, 2.75) is 38.7 Å². The molecule has 0 unspecified atom stereocenters. The number of hydrogen-bond donors (Lipinski definition) is 0. The van der Waals surface area contributed by atoms with E-state index in [2.05, 4.69) is 30.8 Å². The Labute approximate surface area is 124 Å². The molecule has 0 aliphatic heterocycles. The Morgan fingerprint density at radius 1 is 1.40 bits per heavy atom. The highest BCUT2D eigenvalue weighted by molar-refractivity contribution is 6.16. The fraction of sp³-hybridized carbons (Fsp3) is 0.533. The predicted octanol–water partition coefficient (Wildman–Crippen LogP) is 3.64. The van der Waals surface area contributed by atoms with Crippen molar-refractivity contribution in [1.29, 1.82) is 0 Å². The molecule has 2 rings (SSSR count). The topological polar surface area (TPSA) is 21.1 Å². The normalized spacial score (nSPS) is 11.9. The standard InChI is InChI=1S/C15H21ClFN3/c1-11(2)19(3)8-5-9-20-13-7-4-6-12(17)15(13)18-14(20)10-16/h4,6-7,11H,5,8-10H2,1-3H3. The number of aryl methyl sites for hydroxylation is 1. The Morgan fingerprint density at radius 3 is 2.80 bits per heavy atom. The minimum Gasteiger partial charge on any atom is -0.327 e. The lowest BCUT2D eigenvalue weighted by Gasteiger charge is -2.21. The van der Waals surface area contributed by atoms with E-state index in [1.54, 1.807) is 6.07 Å². The van der Waals surface area contributed by atoms with Gasteiger partial charge in [-0.25, -0.2) is 9.37 Å². The van der Waals surface area contributed by atoms with E-state index >= 15 is 0 Å². The molecule has 0 amide bonds. The van der Waals surface area contributed by atoms with Crippen LogP contribution in [0.4, 0.5) is 4.39 Å². The molecule has 3 nitrogen and oxygen atoms in total. The molecule has 0 aliphatic rings. The van der Waals surface area contributed by atoms with Crippen LogP contribution in [0.15, 0.2) is 18.2 Å². The Kier molecular flexibility index (Phi) is 5.00. The summed E-state index contributed by atoms with van der Waals surface area (Å²) in [5.74, 6) is 0.750. The molecule has 1 aromatic heterocycles. The molecular formula is C15H21ClFN3. The Bertz CT molecular complexity index is 580. The maximum absolute atomic E-state index is 13.7. The van der Waals surface area contributed by atoms with Crippen LogP contribution in [0.25, 0.3) is 11.0 Å². The first kappa shape index (κ1) is 15.3. The zero-order valence-corrected chi connectivity index (χ0v) is 13.0. The number of aromatic nitrogens is 2. The van der Waals surface area contributed by atoms with Gasteiger partial charge in [-0.1, -0.05) is 6.07 Å². The van der Waals surface area contributed by atoms with Crippen LogP contribution in [0, 0.1) is 5.82 Å². The van der Waals surface area contributed by atoms with Crippen molar-refractivity contribution in [2.24, 2.45) is 0 Å². The molecule has 1 aromatic carbocycles. The number of benzene rings is 1. The highest BCUT2D eigenvalue weighted by atomic mass is 35.5. The summed E-state index contributed by atoms with van der Waals surface area (Å²) in [5.41, 5.74) is 1.24. The lowest BCUT2D eigenvalue weighted by Crippen LogP contribution is -2.28. The molecule has 0 saturated heterocycles. The number of para-hydroxylation sites is 1. The van der Waals surface area contributed by atoms with Crippen molar-refractivity contribution >= 4 is 22.6 Å². The number of fused-ring (bicyclic) bond motifs is 1. The summed E-state index contributed by atoms with van der Waals surface area (Å²) in [4.78, 5) is 6.60. The van der Waals surface area contributed by atoms with Crippen LogP contribution in [0.1, 0.15) is 26.1 Å². The van der Waals surface area contributed by atoms with Crippen LogP contribution < -0.4 is 0 Å². The predicted molar refractivity (Wildman–Crippen MR) is 81.6 cm³/mol. The number of rotatable bonds is 6. The van der Waals surface area contributed by atoms with E-state index < -0.39 is 0 Å². The van der Waals surface area contributed by atoms with Crippen molar-refractivity contribution in [3.05, 3.63) is 29.8 Å². The van der Waals surface area contributed by atoms with Gasteiger partial charge in [0.25, 0.3) is 0 Å². The number of hydrogen-bond acceptors (Lipinski definition) is 2. The second-order valence-corrected chi connectivity index (χ2v) is 5.62. The lowest BCUT2D eigenvalue weighted by atomic mass is 10.3. The van der Waals surface area contributed by atoms with Crippen molar-refractivity contribution in [3.63, 3.8) is 0 Å². The minimum absolute atomic E-state index is 0.285. The van der Waals surface area contributed by atoms with Gasteiger partial charge in [0.15, 0.2) is 5.82 Å². The van der Waals surface area contributed by atoms with Gasteiger partial charge < -0.3 is 9.47 Å². The maximum atomic E-state index is 13.7. The van der Waals surface area contributed by atoms with E-state index in [1.807, 2.05) is 10.6 Å². The van der Waals surface area contributed by atoms with Crippen LogP contribution in [-0.4, -0.2) is 34.1 Å². The smallest absolute Gasteiger partial charge is 0.151 e. The second-order valence-electron chi connectivity index (χ2n) is 5.35. The summed E-state index contributed by atoms with van der Waals surface area (Å²) < 4.78 is 15.8. The molecule has 0 N–H and O–H groups in total. The molecule has 110 valence electrons. The summed E-state index contributed by atoms with van der Waals surface area (Å²) >= 11 is 5.93. The van der Waals surface area contributed by atoms with Gasteiger partial charge in [-0.2, -0.15) is 0 Å². The summed E-state index contributed by atoms with van der Waals surface area (Å²) in [5, 5.41) is 0. The van der Waals surface area contributed by atoms with Crippen LogP contribution in [-0.2, 0) is 12.4 Å². The average Bonchev–Trinajstić information content (AvgIpc) is 2.78. The Hall–Kier alpha value is -1.13. The molecule has 0 bridgehead atoms. The Morgan fingerprint density at radius 2 is 2.15 bits per heavy atom. The molecule has 20 heavy (non-hydrogen) atoms. The van der Waals surface area contributed by atoms with E-state index in [4.69, 9.17) is 11.6 Å². The summed E-state index contributed by atoms with van der Waals surface area (Å²) in [6.45, 7) is 6.14.